The molecule has 0 bridgehead atoms. The van der Waals surface area contributed by atoms with Crippen LogP contribution in [0.3, 0.4) is 0 Å². The molecule has 0 amide bonds. The third-order valence-electron chi connectivity index (χ3n) is 2.55. The number of benzene rings is 1. The van der Waals surface area contributed by atoms with Gasteiger partial charge in [0.1, 0.15) is 5.82 Å². The maximum atomic E-state index is 13.8. The minimum atomic E-state index is -1.29. The molecule has 1 N–H and O–H groups in total. The highest BCUT2D eigenvalue weighted by atomic mass is 19.1. The molecule has 0 unspecified atom stereocenters. The number of fused-ring (bicyclic) bond motifs is 1. The number of carbonyl (C=O) groups is 1. The maximum absolute atomic E-state index is 13.8. The van der Waals surface area contributed by atoms with Crippen LogP contribution in [0.2, 0.25) is 0 Å². The van der Waals surface area contributed by atoms with Crippen molar-refractivity contribution in [3.05, 3.63) is 42.2 Å². The van der Waals surface area contributed by atoms with Crippen LogP contribution in [-0.4, -0.2) is 23.2 Å². The molecular formula is C13H10FNO3. The minimum absolute atomic E-state index is 0.112. The number of hydrogen-bond acceptors (Lipinski definition) is 3. The number of aromatic nitrogens is 1. The molecule has 1 aromatic carbocycles. The largest absolute Gasteiger partial charge is 0.481 e. The number of pyridine rings is 1. The van der Waals surface area contributed by atoms with Crippen LogP contribution < -0.4 is 4.74 Å². The SMILES string of the molecule is C=C(C(=O)O)c1c(F)ccc2ccc(OC)nc12. The molecule has 0 spiro atoms. The summed E-state index contributed by atoms with van der Waals surface area (Å²) in [5.74, 6) is -1.67. The van der Waals surface area contributed by atoms with Crippen LogP contribution in [0.1, 0.15) is 5.56 Å². The zero-order valence-electron chi connectivity index (χ0n) is 9.61. The van der Waals surface area contributed by atoms with Crippen LogP contribution in [0.4, 0.5) is 4.39 Å². The Morgan fingerprint density at radius 3 is 2.67 bits per heavy atom. The summed E-state index contributed by atoms with van der Waals surface area (Å²) in [6, 6.07) is 6.02. The van der Waals surface area contributed by atoms with E-state index in [2.05, 4.69) is 11.6 Å². The molecule has 0 saturated carbocycles. The second-order valence-corrected chi connectivity index (χ2v) is 3.63. The van der Waals surface area contributed by atoms with Gasteiger partial charge in [-0.3, -0.25) is 0 Å². The molecule has 5 heteroatoms. The summed E-state index contributed by atoms with van der Waals surface area (Å²) in [4.78, 5) is 15.0. The smallest absolute Gasteiger partial charge is 0.335 e. The third kappa shape index (κ3) is 1.90. The van der Waals surface area contributed by atoms with Crippen LogP contribution in [0.5, 0.6) is 5.88 Å². The molecule has 18 heavy (non-hydrogen) atoms. The van der Waals surface area contributed by atoms with Gasteiger partial charge in [0, 0.05) is 11.5 Å². The van der Waals surface area contributed by atoms with Gasteiger partial charge in [0.25, 0.3) is 0 Å². The minimum Gasteiger partial charge on any atom is -0.481 e. The molecular weight excluding hydrogens is 237 g/mol. The Morgan fingerprint density at radius 1 is 1.39 bits per heavy atom. The molecule has 0 fully saturated rings. The van der Waals surface area contributed by atoms with Crippen molar-refractivity contribution in [1.29, 1.82) is 0 Å². The van der Waals surface area contributed by atoms with Crippen LogP contribution in [0.15, 0.2) is 30.8 Å². The van der Waals surface area contributed by atoms with Gasteiger partial charge in [0.15, 0.2) is 0 Å². The quantitative estimate of drug-likeness (QED) is 0.846. The first-order valence-corrected chi connectivity index (χ1v) is 5.10. The average molecular weight is 247 g/mol. The Bertz CT molecular complexity index is 652. The second kappa shape index (κ2) is 4.44. The number of halogens is 1. The number of methoxy groups -OCH3 is 1. The monoisotopic (exact) mass is 247 g/mol. The number of aliphatic carboxylic acids is 1. The van der Waals surface area contributed by atoms with Gasteiger partial charge >= 0.3 is 5.97 Å². The van der Waals surface area contributed by atoms with Gasteiger partial charge in [0.2, 0.25) is 5.88 Å². The highest BCUT2D eigenvalue weighted by Crippen LogP contribution is 2.27. The molecule has 0 aliphatic heterocycles. The van der Waals surface area contributed by atoms with Crippen molar-refractivity contribution in [3.8, 4) is 5.88 Å². The lowest BCUT2D eigenvalue weighted by Crippen LogP contribution is -2.03. The first kappa shape index (κ1) is 12.0. The summed E-state index contributed by atoms with van der Waals surface area (Å²) in [5.41, 5.74) is -0.223. The topological polar surface area (TPSA) is 59.4 Å². The number of ether oxygens (including phenoxy) is 1. The fourth-order valence-electron chi connectivity index (χ4n) is 1.65. The molecule has 1 aromatic heterocycles. The van der Waals surface area contributed by atoms with E-state index in [-0.39, 0.29) is 22.5 Å². The Labute approximate surface area is 102 Å². The van der Waals surface area contributed by atoms with E-state index in [9.17, 15) is 9.18 Å². The van der Waals surface area contributed by atoms with E-state index in [1.54, 1.807) is 12.1 Å². The first-order valence-electron chi connectivity index (χ1n) is 5.10. The Morgan fingerprint density at radius 2 is 2.06 bits per heavy atom. The van der Waals surface area contributed by atoms with Crippen LogP contribution in [0, 0.1) is 5.82 Å². The standard InChI is InChI=1S/C13H10FNO3/c1-7(13(16)17)11-9(14)5-3-8-4-6-10(18-2)15-12(8)11/h3-6H,1H2,2H3,(H,16,17). The third-order valence-corrected chi connectivity index (χ3v) is 2.55. The van der Waals surface area contributed by atoms with E-state index in [0.29, 0.717) is 5.39 Å². The molecule has 0 atom stereocenters. The predicted octanol–water partition coefficient (Wildman–Crippen LogP) is 2.48. The summed E-state index contributed by atoms with van der Waals surface area (Å²) in [5, 5.41) is 9.54. The normalized spacial score (nSPS) is 10.3. The zero-order chi connectivity index (χ0) is 13.3. The summed E-state index contributed by atoms with van der Waals surface area (Å²) < 4.78 is 18.7. The highest BCUT2D eigenvalue weighted by Gasteiger charge is 2.17. The van der Waals surface area contributed by atoms with Crippen molar-refractivity contribution in [2.45, 2.75) is 0 Å². The van der Waals surface area contributed by atoms with E-state index in [4.69, 9.17) is 9.84 Å². The van der Waals surface area contributed by atoms with Crippen molar-refractivity contribution in [3.63, 3.8) is 0 Å². The van der Waals surface area contributed by atoms with Gasteiger partial charge in [-0.1, -0.05) is 6.58 Å². The number of rotatable bonds is 3. The molecule has 2 rings (SSSR count). The summed E-state index contributed by atoms with van der Waals surface area (Å²) >= 11 is 0. The molecule has 92 valence electrons. The van der Waals surface area contributed by atoms with Crippen LogP contribution in [0.25, 0.3) is 16.5 Å². The van der Waals surface area contributed by atoms with E-state index in [0.717, 1.165) is 0 Å². The number of hydrogen-bond donors (Lipinski definition) is 1. The Kier molecular flexibility index (Phi) is 2.97. The highest BCUT2D eigenvalue weighted by molar-refractivity contribution is 6.18. The van der Waals surface area contributed by atoms with Gasteiger partial charge in [0.05, 0.1) is 23.8 Å². The summed E-state index contributed by atoms with van der Waals surface area (Å²) in [7, 11) is 1.43. The van der Waals surface area contributed by atoms with Crippen molar-refractivity contribution in [2.75, 3.05) is 7.11 Å². The number of carboxylic acid groups (broad SMARTS) is 1. The summed E-state index contributed by atoms with van der Waals surface area (Å²) in [6.45, 7) is 3.37. The van der Waals surface area contributed by atoms with Crippen LogP contribution >= 0.6 is 0 Å². The molecule has 0 aliphatic rings. The Balaban J connectivity index is 2.80. The van der Waals surface area contributed by atoms with E-state index < -0.39 is 11.8 Å². The van der Waals surface area contributed by atoms with E-state index in [1.165, 1.54) is 19.2 Å². The van der Waals surface area contributed by atoms with Gasteiger partial charge in [-0.2, -0.15) is 0 Å². The lowest BCUT2D eigenvalue weighted by atomic mass is 10.0. The lowest BCUT2D eigenvalue weighted by Gasteiger charge is -2.08. The number of nitrogens with zero attached hydrogens (tertiary/aromatic N) is 1. The maximum Gasteiger partial charge on any atom is 0.335 e. The number of carboxylic acids is 1. The molecule has 0 saturated heterocycles. The molecule has 0 radical (unpaired) electrons. The Hall–Kier alpha value is -2.43. The molecule has 4 nitrogen and oxygen atoms in total. The molecule has 1 heterocycles. The first-order chi connectivity index (χ1) is 8.54. The predicted molar refractivity (Wildman–Crippen MR) is 64.9 cm³/mol. The van der Waals surface area contributed by atoms with Gasteiger partial charge < -0.3 is 9.84 Å². The van der Waals surface area contributed by atoms with E-state index in [1.807, 2.05) is 0 Å². The lowest BCUT2D eigenvalue weighted by molar-refractivity contribution is -0.130. The zero-order valence-corrected chi connectivity index (χ0v) is 9.61. The molecule has 2 aromatic rings. The summed E-state index contributed by atoms with van der Waals surface area (Å²) in [6.07, 6.45) is 0. The average Bonchev–Trinajstić information content (AvgIpc) is 2.37. The molecule has 0 aliphatic carbocycles. The van der Waals surface area contributed by atoms with E-state index >= 15 is 0 Å². The van der Waals surface area contributed by atoms with Gasteiger partial charge in [-0.25, -0.2) is 14.2 Å². The van der Waals surface area contributed by atoms with Crippen molar-refractivity contribution in [1.82, 2.24) is 4.98 Å². The van der Waals surface area contributed by atoms with Crippen molar-refractivity contribution >= 4 is 22.4 Å². The fourth-order valence-corrected chi connectivity index (χ4v) is 1.65. The van der Waals surface area contributed by atoms with Crippen LogP contribution in [-0.2, 0) is 4.79 Å². The van der Waals surface area contributed by atoms with Gasteiger partial charge in [-0.15, -0.1) is 0 Å². The van der Waals surface area contributed by atoms with Gasteiger partial charge in [-0.05, 0) is 18.2 Å². The van der Waals surface area contributed by atoms with Crippen molar-refractivity contribution in [2.24, 2.45) is 0 Å². The van der Waals surface area contributed by atoms with Crippen molar-refractivity contribution < 1.29 is 19.0 Å². The second-order valence-electron chi connectivity index (χ2n) is 3.63. The fraction of sp³-hybridized carbons (Fsp3) is 0.0769.